The maximum Gasteiger partial charge on any atom is 0.271 e. The van der Waals surface area contributed by atoms with Gasteiger partial charge in [0.05, 0.1) is 5.69 Å². The van der Waals surface area contributed by atoms with Gasteiger partial charge in [-0.2, -0.15) is 0 Å². The third-order valence-electron chi connectivity index (χ3n) is 5.70. The molecule has 1 atom stereocenters. The Morgan fingerprint density at radius 1 is 1.00 bits per heavy atom. The van der Waals surface area contributed by atoms with Crippen molar-refractivity contribution in [3.05, 3.63) is 71.4 Å². The van der Waals surface area contributed by atoms with Gasteiger partial charge in [0.1, 0.15) is 5.70 Å². The summed E-state index contributed by atoms with van der Waals surface area (Å²) >= 11 is 0. The largest absolute Gasteiger partial charge is 0.365 e. The fourth-order valence-corrected chi connectivity index (χ4v) is 4.12. The summed E-state index contributed by atoms with van der Waals surface area (Å²) in [5.74, 6) is -0.134. The van der Waals surface area contributed by atoms with Crippen LogP contribution in [0.15, 0.2) is 60.3 Å². The number of hydrogen-bond acceptors (Lipinski definition) is 4. The molecular formula is C24H28N4O2. The number of nitrogens with one attached hydrogen (secondary N) is 1. The average molecular weight is 405 g/mol. The summed E-state index contributed by atoms with van der Waals surface area (Å²) in [7, 11) is 0. The summed E-state index contributed by atoms with van der Waals surface area (Å²) in [5.41, 5.74) is 7.75. The highest BCUT2D eigenvalue weighted by Gasteiger charge is 2.31. The summed E-state index contributed by atoms with van der Waals surface area (Å²) in [4.78, 5) is 29.8. The maximum atomic E-state index is 13.2. The molecule has 4 rings (SSSR count). The second-order valence-electron chi connectivity index (χ2n) is 8.13. The van der Waals surface area contributed by atoms with E-state index in [-0.39, 0.29) is 24.3 Å². The van der Waals surface area contributed by atoms with E-state index in [1.165, 1.54) is 16.3 Å². The molecule has 2 amide bonds. The zero-order valence-corrected chi connectivity index (χ0v) is 17.8. The van der Waals surface area contributed by atoms with E-state index in [1.807, 2.05) is 36.1 Å². The van der Waals surface area contributed by atoms with E-state index in [9.17, 15) is 9.59 Å². The second kappa shape index (κ2) is 8.22. The van der Waals surface area contributed by atoms with Crippen LogP contribution in [0.5, 0.6) is 0 Å². The average Bonchev–Trinajstić information content (AvgIpc) is 2.73. The standard InChI is InChI=1S/C24H28N4O2/c1-17-6-4-8-20(14-17)27-13-12-26(16-19(27)3)24(30)22-10-11-23(29)28(25-22)21-9-5-7-18(2)15-21/h4-10,14-15,19,25H,11-13,16H2,1-3H3/t19-/m1/s1. The van der Waals surface area contributed by atoms with Crippen LogP contribution in [0.25, 0.3) is 0 Å². The minimum Gasteiger partial charge on any atom is -0.365 e. The number of carbonyl (C=O) groups excluding carboxylic acids is 2. The summed E-state index contributed by atoms with van der Waals surface area (Å²) < 4.78 is 0. The van der Waals surface area contributed by atoms with E-state index in [2.05, 4.69) is 48.4 Å². The maximum absolute atomic E-state index is 13.2. The molecule has 0 bridgehead atoms. The number of carbonyl (C=O) groups is 2. The first-order valence-corrected chi connectivity index (χ1v) is 10.4. The quantitative estimate of drug-likeness (QED) is 0.854. The zero-order chi connectivity index (χ0) is 21.3. The van der Waals surface area contributed by atoms with E-state index < -0.39 is 0 Å². The number of rotatable bonds is 3. The van der Waals surface area contributed by atoms with Crippen LogP contribution in [0, 0.1) is 13.8 Å². The minimum absolute atomic E-state index is 0.0594. The lowest BCUT2D eigenvalue weighted by atomic mass is 10.1. The van der Waals surface area contributed by atoms with Crippen LogP contribution in [0.2, 0.25) is 0 Å². The summed E-state index contributed by atoms with van der Waals surface area (Å²) in [6.07, 6.45) is 1.91. The van der Waals surface area contributed by atoms with Crippen LogP contribution < -0.4 is 15.3 Å². The predicted octanol–water partition coefficient (Wildman–Crippen LogP) is 3.17. The first kappa shape index (κ1) is 20.0. The van der Waals surface area contributed by atoms with Crippen molar-refractivity contribution in [3.8, 4) is 0 Å². The topological polar surface area (TPSA) is 55.9 Å². The predicted molar refractivity (Wildman–Crippen MR) is 119 cm³/mol. The van der Waals surface area contributed by atoms with E-state index in [1.54, 1.807) is 6.08 Å². The van der Waals surface area contributed by atoms with Gasteiger partial charge in [0, 0.05) is 37.8 Å². The first-order valence-electron chi connectivity index (χ1n) is 10.4. The third kappa shape index (κ3) is 4.03. The van der Waals surface area contributed by atoms with Crippen LogP contribution in [0.1, 0.15) is 24.5 Å². The Hall–Kier alpha value is -3.28. The monoisotopic (exact) mass is 404 g/mol. The van der Waals surface area contributed by atoms with Gasteiger partial charge in [0.25, 0.3) is 5.91 Å². The van der Waals surface area contributed by atoms with E-state index in [0.29, 0.717) is 18.8 Å². The van der Waals surface area contributed by atoms with Gasteiger partial charge in [-0.05, 0) is 62.2 Å². The highest BCUT2D eigenvalue weighted by atomic mass is 16.2. The molecule has 2 heterocycles. The molecule has 0 unspecified atom stereocenters. The minimum atomic E-state index is -0.0743. The lowest BCUT2D eigenvalue weighted by Gasteiger charge is -2.42. The van der Waals surface area contributed by atoms with Crippen molar-refractivity contribution in [1.29, 1.82) is 0 Å². The molecule has 1 fully saturated rings. The fraction of sp³-hybridized carbons (Fsp3) is 0.333. The number of hydrazine groups is 1. The molecule has 1 saturated heterocycles. The smallest absolute Gasteiger partial charge is 0.271 e. The van der Waals surface area contributed by atoms with Gasteiger partial charge in [0.15, 0.2) is 0 Å². The molecule has 30 heavy (non-hydrogen) atoms. The van der Waals surface area contributed by atoms with Crippen LogP contribution in [-0.2, 0) is 9.59 Å². The Kier molecular flexibility index (Phi) is 5.48. The molecule has 156 valence electrons. The molecule has 2 aromatic rings. The van der Waals surface area contributed by atoms with Crippen molar-refractivity contribution in [1.82, 2.24) is 10.3 Å². The van der Waals surface area contributed by atoms with Crippen molar-refractivity contribution in [3.63, 3.8) is 0 Å². The number of piperazine rings is 1. The fourth-order valence-electron chi connectivity index (χ4n) is 4.12. The van der Waals surface area contributed by atoms with Crippen molar-refractivity contribution < 1.29 is 9.59 Å². The number of benzene rings is 2. The zero-order valence-electron chi connectivity index (χ0n) is 17.8. The Bertz CT molecular complexity index is 1000. The van der Waals surface area contributed by atoms with E-state index >= 15 is 0 Å². The van der Waals surface area contributed by atoms with Crippen molar-refractivity contribution >= 4 is 23.2 Å². The Labute approximate surface area is 177 Å². The first-order chi connectivity index (χ1) is 14.4. The normalized spacial score (nSPS) is 19.4. The van der Waals surface area contributed by atoms with Gasteiger partial charge < -0.3 is 9.80 Å². The van der Waals surface area contributed by atoms with Gasteiger partial charge >= 0.3 is 0 Å². The molecule has 0 aliphatic carbocycles. The molecule has 6 heteroatoms. The van der Waals surface area contributed by atoms with Gasteiger partial charge in [-0.15, -0.1) is 0 Å². The number of hydrogen-bond donors (Lipinski definition) is 1. The number of amides is 2. The van der Waals surface area contributed by atoms with Gasteiger partial charge in [-0.3, -0.25) is 15.0 Å². The van der Waals surface area contributed by atoms with Crippen molar-refractivity contribution in [2.75, 3.05) is 29.5 Å². The van der Waals surface area contributed by atoms with Crippen LogP contribution in [0.4, 0.5) is 11.4 Å². The van der Waals surface area contributed by atoms with Crippen LogP contribution in [-0.4, -0.2) is 42.4 Å². The third-order valence-corrected chi connectivity index (χ3v) is 5.70. The molecule has 0 aromatic heterocycles. The summed E-state index contributed by atoms with van der Waals surface area (Å²) in [6.45, 7) is 8.29. The lowest BCUT2D eigenvalue weighted by Crippen LogP contribution is -2.56. The highest BCUT2D eigenvalue weighted by Crippen LogP contribution is 2.24. The van der Waals surface area contributed by atoms with Crippen molar-refractivity contribution in [2.45, 2.75) is 33.2 Å². The van der Waals surface area contributed by atoms with Crippen LogP contribution >= 0.6 is 0 Å². The Balaban J connectivity index is 1.45. The molecule has 6 nitrogen and oxygen atoms in total. The van der Waals surface area contributed by atoms with Gasteiger partial charge in [-0.1, -0.05) is 24.3 Å². The van der Waals surface area contributed by atoms with Crippen LogP contribution in [0.3, 0.4) is 0 Å². The molecule has 0 saturated carbocycles. The number of aryl methyl sites for hydroxylation is 2. The number of nitrogens with zero attached hydrogens (tertiary/aromatic N) is 3. The highest BCUT2D eigenvalue weighted by molar-refractivity contribution is 6.01. The lowest BCUT2D eigenvalue weighted by molar-refractivity contribution is -0.128. The molecule has 2 aliphatic heterocycles. The molecule has 2 aliphatic rings. The van der Waals surface area contributed by atoms with Gasteiger partial charge in [-0.25, -0.2) is 5.01 Å². The number of anilines is 2. The van der Waals surface area contributed by atoms with Crippen molar-refractivity contribution in [2.24, 2.45) is 0 Å². The van der Waals surface area contributed by atoms with Gasteiger partial charge in [0.2, 0.25) is 5.91 Å². The van der Waals surface area contributed by atoms with E-state index in [0.717, 1.165) is 17.8 Å². The molecule has 2 aromatic carbocycles. The molecule has 0 radical (unpaired) electrons. The Morgan fingerprint density at radius 2 is 1.67 bits per heavy atom. The Morgan fingerprint density at radius 3 is 2.33 bits per heavy atom. The molecular weight excluding hydrogens is 376 g/mol. The van der Waals surface area contributed by atoms with E-state index in [4.69, 9.17) is 0 Å². The molecule has 1 N–H and O–H groups in total. The molecule has 0 spiro atoms. The summed E-state index contributed by atoms with van der Waals surface area (Å²) in [6, 6.07) is 16.4. The second-order valence-corrected chi connectivity index (χ2v) is 8.13. The summed E-state index contributed by atoms with van der Waals surface area (Å²) in [5, 5.41) is 1.48. The SMILES string of the molecule is Cc1cccc(N2NC(C(=O)N3CCN(c4cccc(C)c4)[C@H](C)C3)=CCC2=O)c1.